The third-order valence-electron chi connectivity index (χ3n) is 2.89. The molecule has 0 spiro atoms. The smallest absolute Gasteiger partial charge is 0.328 e. The Morgan fingerprint density at radius 2 is 1.82 bits per heavy atom. The minimum absolute atomic E-state index is 0.216. The van der Waals surface area contributed by atoms with Gasteiger partial charge in [-0.05, 0) is 38.3 Å². The first-order valence-corrected chi connectivity index (χ1v) is 5.91. The van der Waals surface area contributed by atoms with Gasteiger partial charge in [-0.2, -0.15) is 0 Å². The summed E-state index contributed by atoms with van der Waals surface area (Å²) in [5.74, 6) is -0.216. The number of ether oxygens (including phenoxy) is 1. The number of carbonyl (C=O) groups is 1. The molecule has 0 radical (unpaired) electrons. The van der Waals surface area contributed by atoms with Gasteiger partial charge in [0.15, 0.2) is 0 Å². The van der Waals surface area contributed by atoms with Crippen molar-refractivity contribution >= 4 is 11.7 Å². The molecule has 1 unspecified atom stereocenters. The fourth-order valence-corrected chi connectivity index (χ4v) is 2.05. The van der Waals surface area contributed by atoms with Crippen LogP contribution in [0.2, 0.25) is 0 Å². The van der Waals surface area contributed by atoms with Gasteiger partial charge in [-0.25, -0.2) is 4.79 Å². The molecule has 1 rings (SSSR count). The monoisotopic (exact) mass is 235 g/mol. The Bertz CT molecular complexity index is 390. The minimum Gasteiger partial charge on any atom is -0.467 e. The molecule has 1 N–H and O–H groups in total. The van der Waals surface area contributed by atoms with Crippen LogP contribution in [0.5, 0.6) is 0 Å². The van der Waals surface area contributed by atoms with Crippen LogP contribution < -0.4 is 5.32 Å². The molecule has 3 heteroatoms. The van der Waals surface area contributed by atoms with Crippen LogP contribution in [-0.4, -0.2) is 19.1 Å². The summed E-state index contributed by atoms with van der Waals surface area (Å²) in [6.45, 7) is 8.13. The molecule has 3 nitrogen and oxygen atoms in total. The van der Waals surface area contributed by atoms with Crippen molar-refractivity contribution in [3.63, 3.8) is 0 Å². The van der Waals surface area contributed by atoms with Crippen molar-refractivity contribution in [1.29, 1.82) is 0 Å². The van der Waals surface area contributed by atoms with Gasteiger partial charge in [-0.3, -0.25) is 0 Å². The van der Waals surface area contributed by atoms with Crippen LogP contribution in [0.1, 0.15) is 30.0 Å². The number of aryl methyl sites for hydroxylation is 3. The lowest BCUT2D eigenvalue weighted by molar-refractivity contribution is -0.141. The van der Waals surface area contributed by atoms with Crippen molar-refractivity contribution in [3.8, 4) is 0 Å². The number of benzene rings is 1. The Morgan fingerprint density at radius 3 is 2.24 bits per heavy atom. The average Bonchev–Trinajstić information content (AvgIpc) is 2.27. The molecule has 0 heterocycles. The number of nitrogens with one attached hydrogen (secondary N) is 1. The molecule has 0 aliphatic carbocycles. The number of esters is 1. The summed E-state index contributed by atoms with van der Waals surface area (Å²) >= 11 is 0. The van der Waals surface area contributed by atoms with Crippen molar-refractivity contribution in [2.24, 2.45) is 0 Å². The largest absolute Gasteiger partial charge is 0.467 e. The lowest BCUT2D eigenvalue weighted by atomic mass is 10.0. The van der Waals surface area contributed by atoms with E-state index in [0.717, 1.165) is 16.8 Å². The maximum atomic E-state index is 11.6. The van der Waals surface area contributed by atoms with Crippen molar-refractivity contribution in [3.05, 3.63) is 28.8 Å². The van der Waals surface area contributed by atoms with Crippen LogP contribution >= 0.6 is 0 Å². The summed E-state index contributed by atoms with van der Waals surface area (Å²) < 4.78 is 4.78. The number of anilines is 1. The molecule has 0 saturated carbocycles. The molecule has 0 aromatic heterocycles. The maximum Gasteiger partial charge on any atom is 0.328 e. The number of rotatable bonds is 4. The highest BCUT2D eigenvalue weighted by Gasteiger charge is 2.18. The number of carbonyl (C=O) groups excluding carboxylic acids is 1. The van der Waals surface area contributed by atoms with Gasteiger partial charge >= 0.3 is 5.97 Å². The van der Waals surface area contributed by atoms with E-state index in [4.69, 9.17) is 4.74 Å². The Morgan fingerprint density at radius 1 is 1.29 bits per heavy atom. The van der Waals surface area contributed by atoms with E-state index in [1.54, 1.807) is 0 Å². The van der Waals surface area contributed by atoms with Gasteiger partial charge in [0.2, 0.25) is 0 Å². The van der Waals surface area contributed by atoms with Crippen LogP contribution in [0, 0.1) is 20.8 Å². The average molecular weight is 235 g/mol. The standard InChI is InChI=1S/C14H21NO2/c1-6-12(14(16)17-5)15-13-10(3)7-9(2)8-11(13)4/h7-8,12,15H,6H2,1-5H3. The normalized spacial score (nSPS) is 12.1. The minimum atomic E-state index is -0.278. The first kappa shape index (κ1) is 13.6. The Kier molecular flexibility index (Phi) is 4.55. The van der Waals surface area contributed by atoms with E-state index >= 15 is 0 Å². The van der Waals surface area contributed by atoms with Crippen LogP contribution in [0.15, 0.2) is 12.1 Å². The number of methoxy groups -OCH3 is 1. The zero-order valence-corrected chi connectivity index (χ0v) is 11.3. The summed E-state index contributed by atoms with van der Waals surface area (Å²) in [5.41, 5.74) is 4.58. The molecular weight excluding hydrogens is 214 g/mol. The van der Waals surface area contributed by atoms with Gasteiger partial charge in [0.05, 0.1) is 7.11 Å². The predicted molar refractivity (Wildman–Crippen MR) is 70.4 cm³/mol. The second-order valence-corrected chi connectivity index (χ2v) is 4.40. The first-order chi connectivity index (χ1) is 7.99. The lowest BCUT2D eigenvalue weighted by Gasteiger charge is -2.19. The molecule has 94 valence electrons. The van der Waals surface area contributed by atoms with E-state index in [0.29, 0.717) is 6.42 Å². The van der Waals surface area contributed by atoms with Crippen molar-refractivity contribution < 1.29 is 9.53 Å². The quantitative estimate of drug-likeness (QED) is 0.815. The van der Waals surface area contributed by atoms with E-state index < -0.39 is 0 Å². The molecule has 0 saturated heterocycles. The maximum absolute atomic E-state index is 11.6. The number of hydrogen-bond donors (Lipinski definition) is 1. The highest BCUT2D eigenvalue weighted by Crippen LogP contribution is 2.23. The predicted octanol–water partition coefficient (Wildman–Crippen LogP) is 2.98. The SMILES string of the molecule is CCC(Nc1c(C)cc(C)cc1C)C(=O)OC. The molecule has 0 aliphatic rings. The number of hydrogen-bond acceptors (Lipinski definition) is 3. The van der Waals surface area contributed by atoms with E-state index in [2.05, 4.69) is 24.4 Å². The summed E-state index contributed by atoms with van der Waals surface area (Å²) in [5, 5.41) is 3.27. The van der Waals surface area contributed by atoms with Gasteiger partial charge in [0.1, 0.15) is 6.04 Å². The molecule has 0 fully saturated rings. The van der Waals surface area contributed by atoms with Crippen LogP contribution in [-0.2, 0) is 9.53 Å². The fourth-order valence-electron chi connectivity index (χ4n) is 2.05. The summed E-state index contributed by atoms with van der Waals surface area (Å²) in [4.78, 5) is 11.6. The summed E-state index contributed by atoms with van der Waals surface area (Å²) in [6.07, 6.45) is 0.708. The van der Waals surface area contributed by atoms with Crippen LogP contribution in [0.3, 0.4) is 0 Å². The molecule has 1 aromatic carbocycles. The molecule has 1 atom stereocenters. The molecule has 0 bridgehead atoms. The molecule has 0 amide bonds. The van der Waals surface area contributed by atoms with E-state index in [9.17, 15) is 4.79 Å². The molecule has 1 aromatic rings. The van der Waals surface area contributed by atoms with Gasteiger partial charge < -0.3 is 10.1 Å². The summed E-state index contributed by atoms with van der Waals surface area (Å²) in [6, 6.07) is 3.94. The van der Waals surface area contributed by atoms with E-state index in [1.165, 1.54) is 12.7 Å². The molecule has 17 heavy (non-hydrogen) atoms. The van der Waals surface area contributed by atoms with Crippen molar-refractivity contribution in [2.45, 2.75) is 40.2 Å². The molecule has 0 aliphatic heterocycles. The summed E-state index contributed by atoms with van der Waals surface area (Å²) in [7, 11) is 1.42. The Balaban J connectivity index is 2.98. The zero-order chi connectivity index (χ0) is 13.0. The van der Waals surface area contributed by atoms with Gasteiger partial charge in [-0.15, -0.1) is 0 Å². The van der Waals surface area contributed by atoms with Crippen molar-refractivity contribution in [2.75, 3.05) is 12.4 Å². The third-order valence-corrected chi connectivity index (χ3v) is 2.89. The van der Waals surface area contributed by atoms with Crippen LogP contribution in [0.25, 0.3) is 0 Å². The molecular formula is C14H21NO2. The third kappa shape index (κ3) is 3.22. The van der Waals surface area contributed by atoms with E-state index in [1.807, 2.05) is 20.8 Å². The second-order valence-electron chi connectivity index (χ2n) is 4.40. The Hall–Kier alpha value is -1.51. The topological polar surface area (TPSA) is 38.3 Å². The lowest BCUT2D eigenvalue weighted by Crippen LogP contribution is -2.30. The van der Waals surface area contributed by atoms with Gasteiger partial charge in [0, 0.05) is 5.69 Å². The van der Waals surface area contributed by atoms with Crippen LogP contribution in [0.4, 0.5) is 5.69 Å². The highest BCUT2D eigenvalue weighted by atomic mass is 16.5. The zero-order valence-electron chi connectivity index (χ0n) is 11.3. The highest BCUT2D eigenvalue weighted by molar-refractivity contribution is 5.80. The fraction of sp³-hybridized carbons (Fsp3) is 0.500. The van der Waals surface area contributed by atoms with Crippen molar-refractivity contribution in [1.82, 2.24) is 0 Å². The second kappa shape index (κ2) is 5.71. The van der Waals surface area contributed by atoms with Gasteiger partial charge in [-0.1, -0.05) is 24.6 Å². The first-order valence-electron chi connectivity index (χ1n) is 5.91. The van der Waals surface area contributed by atoms with E-state index in [-0.39, 0.29) is 12.0 Å². The van der Waals surface area contributed by atoms with Gasteiger partial charge in [0.25, 0.3) is 0 Å². The Labute approximate surface area is 103 Å².